The zero-order valence-corrected chi connectivity index (χ0v) is 9.26. The van der Waals surface area contributed by atoms with Gasteiger partial charge in [0.1, 0.15) is 11.7 Å². The third-order valence-electron chi connectivity index (χ3n) is 2.39. The van der Waals surface area contributed by atoms with Gasteiger partial charge in [-0.25, -0.2) is 4.79 Å². The van der Waals surface area contributed by atoms with Crippen molar-refractivity contribution in [2.75, 3.05) is 5.32 Å². The number of hydrogen-bond acceptors (Lipinski definition) is 6. The van der Waals surface area contributed by atoms with Gasteiger partial charge in [0.25, 0.3) is 0 Å². The van der Waals surface area contributed by atoms with Crippen LogP contribution in [0.3, 0.4) is 0 Å². The molecule has 0 bridgehead atoms. The predicted octanol–water partition coefficient (Wildman–Crippen LogP) is 0.718. The van der Waals surface area contributed by atoms with Crippen molar-refractivity contribution in [1.29, 1.82) is 0 Å². The number of fused-ring (bicyclic) bond motifs is 1. The van der Waals surface area contributed by atoms with E-state index in [0.717, 1.165) is 4.88 Å². The summed E-state index contributed by atoms with van der Waals surface area (Å²) >= 11 is 1.53. The summed E-state index contributed by atoms with van der Waals surface area (Å²) in [7, 11) is 0. The number of aliphatic carboxylic acids is 1. The van der Waals surface area contributed by atoms with Crippen molar-refractivity contribution in [3.05, 3.63) is 34.2 Å². The van der Waals surface area contributed by atoms with Crippen LogP contribution in [0.15, 0.2) is 29.3 Å². The highest BCUT2D eigenvalue weighted by Crippen LogP contribution is 2.30. The lowest BCUT2D eigenvalue weighted by Gasteiger charge is -2.19. The maximum absolute atomic E-state index is 11.0. The quantitative estimate of drug-likeness (QED) is 0.814. The van der Waals surface area contributed by atoms with E-state index in [2.05, 4.69) is 20.8 Å². The molecule has 2 aromatic heterocycles. The normalized spacial score (nSPS) is 18.1. The molecule has 3 rings (SSSR count). The number of carboxylic acids is 1. The molecule has 0 aromatic carbocycles. The van der Waals surface area contributed by atoms with E-state index < -0.39 is 5.97 Å². The number of nitrogens with one attached hydrogen (secondary N) is 1. The second kappa shape index (κ2) is 3.67. The second-order valence-corrected chi connectivity index (χ2v) is 4.40. The molecule has 86 valence electrons. The molecule has 17 heavy (non-hydrogen) atoms. The topological polar surface area (TPSA) is 92.9 Å². The van der Waals surface area contributed by atoms with Crippen LogP contribution in [-0.4, -0.2) is 31.3 Å². The van der Waals surface area contributed by atoms with Crippen molar-refractivity contribution < 1.29 is 9.90 Å². The average Bonchev–Trinajstić information content (AvgIpc) is 2.98. The Morgan fingerprint density at radius 2 is 2.47 bits per heavy atom. The fraction of sp³-hybridized carbons (Fsp3) is 0.111. The lowest BCUT2D eigenvalue weighted by Crippen LogP contribution is -2.23. The SMILES string of the molecule is O=C(O)C1=C[C@@H](c2cccs2)n2nnnc2N1. The Hall–Kier alpha value is -2.22. The van der Waals surface area contributed by atoms with Gasteiger partial charge in [-0.1, -0.05) is 11.2 Å². The van der Waals surface area contributed by atoms with Gasteiger partial charge in [0.05, 0.1) is 0 Å². The standard InChI is InChI=1S/C9H7N5O2S/c15-8(16)5-4-6(7-2-1-3-17-7)14-9(10-5)11-12-13-14/h1-4,6H,(H,15,16)(H,10,11,13)/t6-/m0/s1. The van der Waals surface area contributed by atoms with E-state index in [1.54, 1.807) is 10.8 Å². The summed E-state index contributed by atoms with van der Waals surface area (Å²) in [5, 5.41) is 24.7. The Morgan fingerprint density at radius 3 is 3.18 bits per heavy atom. The average molecular weight is 249 g/mol. The molecule has 0 saturated carbocycles. The van der Waals surface area contributed by atoms with E-state index in [-0.39, 0.29) is 11.7 Å². The minimum absolute atomic E-state index is 0.0886. The zero-order valence-electron chi connectivity index (χ0n) is 8.44. The van der Waals surface area contributed by atoms with Crippen molar-refractivity contribution >= 4 is 23.3 Å². The fourth-order valence-electron chi connectivity index (χ4n) is 1.64. The van der Waals surface area contributed by atoms with Gasteiger partial charge in [0, 0.05) is 4.88 Å². The van der Waals surface area contributed by atoms with Gasteiger partial charge in [-0.05, 0) is 27.9 Å². The van der Waals surface area contributed by atoms with Gasteiger partial charge in [0.2, 0.25) is 5.95 Å². The molecule has 2 aromatic rings. The number of tetrazole rings is 1. The Bertz CT molecular complexity index is 588. The minimum Gasteiger partial charge on any atom is -0.477 e. The number of carbonyl (C=O) groups is 1. The lowest BCUT2D eigenvalue weighted by molar-refractivity contribution is -0.132. The molecule has 0 amide bonds. The first-order valence-electron chi connectivity index (χ1n) is 4.79. The molecule has 0 radical (unpaired) electrons. The highest BCUT2D eigenvalue weighted by molar-refractivity contribution is 7.10. The van der Waals surface area contributed by atoms with Crippen molar-refractivity contribution in [3.8, 4) is 0 Å². The molecule has 0 aliphatic carbocycles. The summed E-state index contributed by atoms with van der Waals surface area (Å²) in [5.74, 6) is -0.691. The molecule has 1 aliphatic heterocycles. The van der Waals surface area contributed by atoms with E-state index >= 15 is 0 Å². The maximum atomic E-state index is 11.0. The molecular formula is C9H7N5O2S. The predicted molar refractivity (Wildman–Crippen MR) is 59.6 cm³/mol. The first kappa shape index (κ1) is 9.97. The zero-order chi connectivity index (χ0) is 11.8. The number of anilines is 1. The Balaban J connectivity index is 2.10. The molecule has 7 nitrogen and oxygen atoms in total. The largest absolute Gasteiger partial charge is 0.477 e. The molecular weight excluding hydrogens is 242 g/mol. The molecule has 0 saturated heterocycles. The first-order chi connectivity index (χ1) is 8.25. The van der Waals surface area contributed by atoms with E-state index in [9.17, 15) is 4.79 Å². The van der Waals surface area contributed by atoms with E-state index in [1.807, 2.05) is 17.5 Å². The molecule has 1 aliphatic rings. The van der Waals surface area contributed by atoms with Crippen LogP contribution in [0, 0.1) is 0 Å². The number of allylic oxidation sites excluding steroid dienone is 1. The van der Waals surface area contributed by atoms with Gasteiger partial charge in [-0.2, -0.15) is 4.68 Å². The summed E-state index contributed by atoms with van der Waals surface area (Å²) in [6.45, 7) is 0. The Morgan fingerprint density at radius 1 is 1.59 bits per heavy atom. The smallest absolute Gasteiger partial charge is 0.352 e. The van der Waals surface area contributed by atoms with E-state index in [0.29, 0.717) is 5.95 Å². The van der Waals surface area contributed by atoms with Gasteiger partial charge < -0.3 is 10.4 Å². The first-order valence-corrected chi connectivity index (χ1v) is 5.67. The number of carboxylic acid groups (broad SMARTS) is 1. The van der Waals surface area contributed by atoms with Crippen LogP contribution in [-0.2, 0) is 4.79 Å². The fourth-order valence-corrected chi connectivity index (χ4v) is 2.42. The highest BCUT2D eigenvalue weighted by atomic mass is 32.1. The molecule has 8 heteroatoms. The maximum Gasteiger partial charge on any atom is 0.352 e. The van der Waals surface area contributed by atoms with Gasteiger partial charge >= 0.3 is 5.97 Å². The van der Waals surface area contributed by atoms with E-state index in [4.69, 9.17) is 5.11 Å². The molecule has 3 heterocycles. The molecule has 0 spiro atoms. The third kappa shape index (κ3) is 1.58. The van der Waals surface area contributed by atoms with E-state index in [1.165, 1.54) is 11.3 Å². The van der Waals surface area contributed by atoms with Crippen LogP contribution in [0.1, 0.15) is 10.9 Å². The summed E-state index contributed by atoms with van der Waals surface area (Å²) in [5.41, 5.74) is 0.0886. The van der Waals surface area contributed by atoms with Gasteiger partial charge in [-0.15, -0.1) is 11.3 Å². The Labute approximate surface area is 99.4 Å². The number of nitrogens with zero attached hydrogens (tertiary/aromatic N) is 4. The van der Waals surface area contributed by atoms with Crippen molar-refractivity contribution in [1.82, 2.24) is 20.2 Å². The van der Waals surface area contributed by atoms with Gasteiger partial charge in [-0.3, -0.25) is 0 Å². The lowest BCUT2D eigenvalue weighted by atomic mass is 10.2. The minimum atomic E-state index is -1.03. The second-order valence-electron chi connectivity index (χ2n) is 3.42. The number of hydrogen-bond donors (Lipinski definition) is 2. The Kier molecular flexibility index (Phi) is 2.15. The number of aromatic nitrogens is 4. The molecule has 0 fully saturated rings. The van der Waals surface area contributed by atoms with Crippen LogP contribution in [0.5, 0.6) is 0 Å². The summed E-state index contributed by atoms with van der Waals surface area (Å²) < 4.78 is 1.55. The monoisotopic (exact) mass is 249 g/mol. The van der Waals surface area contributed by atoms with Crippen molar-refractivity contribution in [2.45, 2.75) is 6.04 Å². The van der Waals surface area contributed by atoms with Crippen LogP contribution in [0.2, 0.25) is 0 Å². The molecule has 0 unspecified atom stereocenters. The number of rotatable bonds is 2. The number of thiophene rings is 1. The molecule has 1 atom stereocenters. The van der Waals surface area contributed by atoms with Gasteiger partial charge in [0.15, 0.2) is 0 Å². The summed E-state index contributed by atoms with van der Waals surface area (Å²) in [4.78, 5) is 12.0. The summed E-state index contributed by atoms with van der Waals surface area (Å²) in [6, 6.07) is 3.55. The van der Waals surface area contributed by atoms with Crippen LogP contribution in [0.4, 0.5) is 5.95 Å². The molecule has 2 N–H and O–H groups in total. The highest BCUT2D eigenvalue weighted by Gasteiger charge is 2.26. The summed E-state index contributed by atoms with van der Waals surface area (Å²) in [6.07, 6.45) is 1.59. The van der Waals surface area contributed by atoms with Crippen LogP contribution >= 0.6 is 11.3 Å². The van der Waals surface area contributed by atoms with Crippen LogP contribution in [0.25, 0.3) is 0 Å². The third-order valence-corrected chi connectivity index (χ3v) is 3.34. The van der Waals surface area contributed by atoms with Crippen molar-refractivity contribution in [3.63, 3.8) is 0 Å². The van der Waals surface area contributed by atoms with Crippen molar-refractivity contribution in [2.24, 2.45) is 0 Å². The van der Waals surface area contributed by atoms with Crippen LogP contribution < -0.4 is 5.32 Å².